The molecular weight excluding hydrogens is 236 g/mol. The van der Waals surface area contributed by atoms with Crippen molar-refractivity contribution in [1.82, 2.24) is 5.32 Å². The normalized spacial score (nSPS) is 13.1. The molecule has 0 fully saturated rings. The van der Waals surface area contributed by atoms with Gasteiger partial charge in [0, 0.05) is 0 Å². The standard InChI is InChI=1S/C12H24N2O4/c1-8(2)18-11(16)14-6-7-17-10(15)9(13)12(3,4)5/h8-9H,6-7,13H2,1-5H3,(H,14,16). The molecule has 0 rings (SSSR count). The topological polar surface area (TPSA) is 90.6 Å². The molecule has 0 saturated heterocycles. The molecule has 0 heterocycles. The third-order valence-corrected chi connectivity index (χ3v) is 2.15. The lowest BCUT2D eigenvalue weighted by Crippen LogP contribution is -2.44. The van der Waals surface area contributed by atoms with E-state index in [0.29, 0.717) is 0 Å². The van der Waals surface area contributed by atoms with Crippen LogP contribution >= 0.6 is 0 Å². The number of hydrogen-bond donors (Lipinski definition) is 2. The van der Waals surface area contributed by atoms with Crippen molar-refractivity contribution >= 4 is 12.1 Å². The third kappa shape index (κ3) is 7.11. The van der Waals surface area contributed by atoms with E-state index in [1.54, 1.807) is 13.8 Å². The molecule has 0 aliphatic rings. The zero-order chi connectivity index (χ0) is 14.3. The molecule has 6 nitrogen and oxygen atoms in total. The quantitative estimate of drug-likeness (QED) is 0.569. The summed E-state index contributed by atoms with van der Waals surface area (Å²) < 4.78 is 9.80. The maximum absolute atomic E-state index is 11.5. The zero-order valence-electron chi connectivity index (χ0n) is 11.8. The van der Waals surface area contributed by atoms with Gasteiger partial charge in [0.2, 0.25) is 0 Å². The van der Waals surface area contributed by atoms with E-state index in [2.05, 4.69) is 5.32 Å². The molecule has 0 aromatic carbocycles. The first kappa shape index (κ1) is 16.7. The first-order chi connectivity index (χ1) is 8.14. The van der Waals surface area contributed by atoms with Gasteiger partial charge in [-0.15, -0.1) is 0 Å². The van der Waals surface area contributed by atoms with Crippen LogP contribution in [0.2, 0.25) is 0 Å². The predicted octanol–water partition coefficient (Wildman–Crippen LogP) is 1.04. The van der Waals surface area contributed by atoms with Gasteiger partial charge in [0.25, 0.3) is 0 Å². The van der Waals surface area contributed by atoms with Gasteiger partial charge in [-0.25, -0.2) is 4.79 Å². The van der Waals surface area contributed by atoms with Gasteiger partial charge in [-0.2, -0.15) is 0 Å². The Morgan fingerprint density at radius 2 is 1.83 bits per heavy atom. The fourth-order valence-electron chi connectivity index (χ4n) is 1.00. The van der Waals surface area contributed by atoms with E-state index in [1.807, 2.05) is 20.8 Å². The summed E-state index contributed by atoms with van der Waals surface area (Å²) >= 11 is 0. The Hall–Kier alpha value is -1.30. The molecule has 0 aromatic heterocycles. The number of ether oxygens (including phenoxy) is 2. The molecule has 1 unspecified atom stereocenters. The number of nitrogens with one attached hydrogen (secondary N) is 1. The second kappa shape index (κ2) is 7.20. The summed E-state index contributed by atoms with van der Waals surface area (Å²) in [4.78, 5) is 22.6. The highest BCUT2D eigenvalue weighted by atomic mass is 16.6. The Labute approximate surface area is 108 Å². The Kier molecular flexibility index (Phi) is 6.68. The van der Waals surface area contributed by atoms with Crippen molar-refractivity contribution in [1.29, 1.82) is 0 Å². The lowest BCUT2D eigenvalue weighted by Gasteiger charge is -2.24. The lowest BCUT2D eigenvalue weighted by atomic mass is 9.87. The Balaban J connectivity index is 3.80. The van der Waals surface area contributed by atoms with Crippen molar-refractivity contribution in [3.8, 4) is 0 Å². The smallest absolute Gasteiger partial charge is 0.407 e. The fourth-order valence-corrected chi connectivity index (χ4v) is 1.00. The van der Waals surface area contributed by atoms with Crippen LogP contribution in [0, 0.1) is 5.41 Å². The van der Waals surface area contributed by atoms with Crippen LogP contribution < -0.4 is 11.1 Å². The van der Waals surface area contributed by atoms with Crippen LogP contribution in [0.4, 0.5) is 4.79 Å². The average molecular weight is 260 g/mol. The largest absolute Gasteiger partial charge is 0.463 e. The number of amides is 1. The summed E-state index contributed by atoms with van der Waals surface area (Å²) in [5, 5.41) is 2.47. The van der Waals surface area contributed by atoms with Gasteiger partial charge in [-0.1, -0.05) is 20.8 Å². The van der Waals surface area contributed by atoms with E-state index in [4.69, 9.17) is 15.2 Å². The van der Waals surface area contributed by atoms with Crippen LogP contribution in [0.1, 0.15) is 34.6 Å². The number of carbonyl (C=O) groups is 2. The molecule has 106 valence electrons. The predicted molar refractivity (Wildman–Crippen MR) is 68.0 cm³/mol. The van der Waals surface area contributed by atoms with Crippen molar-refractivity contribution in [2.45, 2.75) is 46.8 Å². The van der Waals surface area contributed by atoms with Gasteiger partial charge in [0.1, 0.15) is 12.6 Å². The van der Waals surface area contributed by atoms with Gasteiger partial charge < -0.3 is 20.5 Å². The maximum atomic E-state index is 11.5. The molecule has 0 aliphatic carbocycles. The number of rotatable bonds is 5. The molecule has 0 aromatic rings. The van der Waals surface area contributed by atoms with E-state index < -0.39 is 18.1 Å². The lowest BCUT2D eigenvalue weighted by molar-refractivity contribution is -0.147. The second-order valence-electron chi connectivity index (χ2n) is 5.39. The van der Waals surface area contributed by atoms with Crippen LogP contribution in [0.3, 0.4) is 0 Å². The summed E-state index contributed by atoms with van der Waals surface area (Å²) in [6, 6.07) is -0.680. The first-order valence-corrected chi connectivity index (χ1v) is 6.01. The number of alkyl carbamates (subject to hydrolysis) is 1. The van der Waals surface area contributed by atoms with Gasteiger partial charge in [-0.05, 0) is 19.3 Å². The van der Waals surface area contributed by atoms with Crippen molar-refractivity contribution < 1.29 is 19.1 Å². The molecule has 6 heteroatoms. The highest BCUT2D eigenvalue weighted by Crippen LogP contribution is 2.17. The van der Waals surface area contributed by atoms with Crippen molar-refractivity contribution in [2.75, 3.05) is 13.2 Å². The van der Waals surface area contributed by atoms with Crippen LogP contribution in [-0.2, 0) is 14.3 Å². The molecule has 0 aliphatic heterocycles. The molecule has 1 atom stereocenters. The van der Waals surface area contributed by atoms with Crippen LogP contribution in [0.25, 0.3) is 0 Å². The Morgan fingerprint density at radius 1 is 1.28 bits per heavy atom. The van der Waals surface area contributed by atoms with Crippen molar-refractivity contribution in [2.24, 2.45) is 11.1 Å². The molecule has 0 bridgehead atoms. The van der Waals surface area contributed by atoms with Gasteiger partial charge in [0.05, 0.1) is 12.6 Å². The Morgan fingerprint density at radius 3 is 2.28 bits per heavy atom. The van der Waals surface area contributed by atoms with Crippen molar-refractivity contribution in [3.63, 3.8) is 0 Å². The summed E-state index contributed by atoms with van der Waals surface area (Å²) in [7, 11) is 0. The molecule has 0 saturated carbocycles. The van der Waals surface area contributed by atoms with Crippen molar-refractivity contribution in [3.05, 3.63) is 0 Å². The van der Waals surface area contributed by atoms with Crippen LogP contribution in [0.5, 0.6) is 0 Å². The minimum Gasteiger partial charge on any atom is -0.463 e. The van der Waals surface area contributed by atoms with Gasteiger partial charge >= 0.3 is 12.1 Å². The van der Waals surface area contributed by atoms with E-state index in [9.17, 15) is 9.59 Å². The van der Waals surface area contributed by atoms with Gasteiger partial charge in [-0.3, -0.25) is 4.79 Å². The molecule has 1 amide bonds. The minimum atomic E-state index is -0.680. The minimum absolute atomic E-state index is 0.0792. The maximum Gasteiger partial charge on any atom is 0.407 e. The van der Waals surface area contributed by atoms with Crippen LogP contribution in [0.15, 0.2) is 0 Å². The van der Waals surface area contributed by atoms with Crippen LogP contribution in [-0.4, -0.2) is 37.4 Å². The monoisotopic (exact) mass is 260 g/mol. The van der Waals surface area contributed by atoms with E-state index in [0.717, 1.165) is 0 Å². The second-order valence-corrected chi connectivity index (χ2v) is 5.39. The molecule has 0 spiro atoms. The number of esters is 1. The summed E-state index contributed by atoms with van der Waals surface area (Å²) in [5.41, 5.74) is 5.37. The highest BCUT2D eigenvalue weighted by molar-refractivity contribution is 5.76. The van der Waals surface area contributed by atoms with E-state index in [-0.39, 0.29) is 24.7 Å². The number of nitrogens with two attached hydrogens (primary N) is 1. The van der Waals surface area contributed by atoms with E-state index >= 15 is 0 Å². The molecule has 3 N–H and O–H groups in total. The SMILES string of the molecule is CC(C)OC(=O)NCCOC(=O)C(N)C(C)(C)C. The fraction of sp³-hybridized carbons (Fsp3) is 0.833. The average Bonchev–Trinajstić information content (AvgIpc) is 2.20. The molecule has 0 radical (unpaired) electrons. The summed E-state index contributed by atoms with van der Waals surface area (Å²) in [6.45, 7) is 9.36. The van der Waals surface area contributed by atoms with Gasteiger partial charge in [0.15, 0.2) is 0 Å². The van der Waals surface area contributed by atoms with E-state index in [1.165, 1.54) is 0 Å². The summed E-state index contributed by atoms with van der Waals surface area (Å²) in [5.74, 6) is -0.471. The third-order valence-electron chi connectivity index (χ3n) is 2.15. The number of carbonyl (C=O) groups excluding carboxylic acids is 2. The number of hydrogen-bond acceptors (Lipinski definition) is 5. The molecule has 18 heavy (non-hydrogen) atoms. The molecular formula is C12H24N2O4. The first-order valence-electron chi connectivity index (χ1n) is 6.01. The highest BCUT2D eigenvalue weighted by Gasteiger charge is 2.28. The zero-order valence-corrected chi connectivity index (χ0v) is 11.8. The Bertz CT molecular complexity index is 284. The summed E-state index contributed by atoms with van der Waals surface area (Å²) in [6.07, 6.45) is -0.706.